The summed E-state index contributed by atoms with van der Waals surface area (Å²) in [5.41, 5.74) is 2.28. The average Bonchev–Trinajstić information content (AvgIpc) is 3.07. The van der Waals surface area contributed by atoms with Gasteiger partial charge in [-0.25, -0.2) is 4.99 Å². The van der Waals surface area contributed by atoms with Crippen molar-refractivity contribution in [1.29, 1.82) is 0 Å². The van der Waals surface area contributed by atoms with Gasteiger partial charge in [0.1, 0.15) is 6.54 Å². The third kappa shape index (κ3) is 5.62. The molecule has 1 heterocycles. The Morgan fingerprint density at radius 2 is 1.92 bits per heavy atom. The maximum Gasteiger partial charge on any atom is 0.191 e. The normalized spacial score (nSPS) is 12.5. The minimum Gasteiger partial charge on any atom is -0.359 e. The van der Waals surface area contributed by atoms with Crippen LogP contribution in [0.2, 0.25) is 0 Å². The summed E-state index contributed by atoms with van der Waals surface area (Å²) in [6.07, 6.45) is 0. The highest BCUT2D eigenvalue weighted by atomic mass is 16.5. The quantitative estimate of drug-likeness (QED) is 0.593. The van der Waals surface area contributed by atoms with Crippen LogP contribution >= 0.6 is 0 Å². The Morgan fingerprint density at radius 1 is 1.20 bits per heavy atom. The first kappa shape index (κ1) is 19.0. The van der Waals surface area contributed by atoms with Gasteiger partial charge in [-0.15, -0.1) is 0 Å². The van der Waals surface area contributed by atoms with E-state index in [1.807, 2.05) is 12.1 Å². The number of nitrogens with one attached hydrogen (secondary N) is 2. The zero-order valence-corrected chi connectivity index (χ0v) is 16.0. The van der Waals surface area contributed by atoms with Gasteiger partial charge in [-0.1, -0.05) is 63.2 Å². The van der Waals surface area contributed by atoms with E-state index in [4.69, 9.17) is 4.52 Å². The molecule has 5 heteroatoms. The molecule has 0 bridgehead atoms. The molecule has 0 amide bonds. The molecule has 0 saturated heterocycles. The van der Waals surface area contributed by atoms with Crippen molar-refractivity contribution in [2.24, 2.45) is 4.99 Å². The number of rotatable bonds is 7. The van der Waals surface area contributed by atoms with Crippen LogP contribution in [0.4, 0.5) is 0 Å². The van der Waals surface area contributed by atoms with Crippen LogP contribution in [-0.4, -0.2) is 24.2 Å². The highest BCUT2D eigenvalue weighted by Crippen LogP contribution is 2.21. The standard InChI is InChI=1S/C20H30N4O/c1-6-21-19(22-13-17-12-18(15(2)3)24-25-17)23-14-20(4,5)16-10-8-7-9-11-16/h7-12,15H,6,13-14H2,1-5H3,(H2,21,22,23). The Kier molecular flexibility index (Phi) is 6.62. The summed E-state index contributed by atoms with van der Waals surface area (Å²) in [7, 11) is 0. The van der Waals surface area contributed by atoms with Crippen molar-refractivity contribution >= 4 is 5.96 Å². The molecule has 1 aromatic carbocycles. The summed E-state index contributed by atoms with van der Waals surface area (Å²) in [6.45, 7) is 12.8. The molecule has 0 fully saturated rings. The van der Waals surface area contributed by atoms with Gasteiger partial charge in [0, 0.05) is 24.6 Å². The topological polar surface area (TPSA) is 62.5 Å². The molecule has 0 unspecified atom stereocenters. The number of nitrogens with zero attached hydrogens (tertiary/aromatic N) is 2. The molecule has 25 heavy (non-hydrogen) atoms. The molecule has 0 radical (unpaired) electrons. The number of hydrogen-bond acceptors (Lipinski definition) is 3. The Morgan fingerprint density at radius 3 is 2.52 bits per heavy atom. The SMILES string of the molecule is CCNC(=NCc1cc(C(C)C)no1)NCC(C)(C)c1ccccc1. The molecule has 0 aliphatic heterocycles. The van der Waals surface area contributed by atoms with Gasteiger partial charge in [0.15, 0.2) is 11.7 Å². The van der Waals surface area contributed by atoms with E-state index in [9.17, 15) is 0 Å². The third-order valence-electron chi connectivity index (χ3n) is 4.16. The molecule has 136 valence electrons. The molecule has 0 aliphatic carbocycles. The lowest BCUT2D eigenvalue weighted by Crippen LogP contribution is -2.43. The lowest BCUT2D eigenvalue weighted by Gasteiger charge is -2.26. The maximum absolute atomic E-state index is 5.36. The Hall–Kier alpha value is -2.30. The van der Waals surface area contributed by atoms with Crippen molar-refractivity contribution in [3.8, 4) is 0 Å². The molecule has 0 saturated carbocycles. The van der Waals surface area contributed by atoms with Crippen LogP contribution in [0.1, 0.15) is 57.6 Å². The number of hydrogen-bond donors (Lipinski definition) is 2. The van der Waals surface area contributed by atoms with E-state index in [2.05, 4.69) is 79.7 Å². The summed E-state index contributed by atoms with van der Waals surface area (Å²) in [4.78, 5) is 4.61. The van der Waals surface area contributed by atoms with Crippen molar-refractivity contribution in [1.82, 2.24) is 15.8 Å². The zero-order valence-electron chi connectivity index (χ0n) is 16.0. The van der Waals surface area contributed by atoms with E-state index in [0.717, 1.165) is 30.5 Å². The summed E-state index contributed by atoms with van der Waals surface area (Å²) < 4.78 is 5.36. The Balaban J connectivity index is 1.99. The van der Waals surface area contributed by atoms with Crippen LogP contribution in [0.15, 0.2) is 45.9 Å². The number of guanidine groups is 1. The van der Waals surface area contributed by atoms with Crippen LogP contribution in [0.3, 0.4) is 0 Å². The van der Waals surface area contributed by atoms with Gasteiger partial charge in [0.05, 0.1) is 5.69 Å². The van der Waals surface area contributed by atoms with Crippen LogP contribution in [0.5, 0.6) is 0 Å². The van der Waals surface area contributed by atoms with Crippen LogP contribution in [-0.2, 0) is 12.0 Å². The fourth-order valence-corrected chi connectivity index (χ4v) is 2.47. The highest BCUT2D eigenvalue weighted by Gasteiger charge is 2.20. The molecule has 0 aliphatic rings. The minimum atomic E-state index is 0.00843. The third-order valence-corrected chi connectivity index (χ3v) is 4.16. The number of aromatic nitrogens is 1. The van der Waals surface area contributed by atoms with Gasteiger partial charge >= 0.3 is 0 Å². The molecular weight excluding hydrogens is 312 g/mol. The first-order valence-corrected chi connectivity index (χ1v) is 8.95. The monoisotopic (exact) mass is 342 g/mol. The summed E-state index contributed by atoms with van der Waals surface area (Å²) in [5, 5.41) is 10.8. The van der Waals surface area contributed by atoms with Gasteiger partial charge in [0.25, 0.3) is 0 Å². The van der Waals surface area contributed by atoms with Gasteiger partial charge in [-0.3, -0.25) is 0 Å². The number of aliphatic imine (C=N–C) groups is 1. The molecule has 1 aromatic heterocycles. The van der Waals surface area contributed by atoms with Gasteiger partial charge in [-0.2, -0.15) is 0 Å². The Bertz CT molecular complexity index is 674. The molecule has 0 atom stereocenters. The number of benzene rings is 1. The first-order chi connectivity index (χ1) is 11.9. The van der Waals surface area contributed by atoms with E-state index >= 15 is 0 Å². The van der Waals surface area contributed by atoms with E-state index in [-0.39, 0.29) is 5.41 Å². The van der Waals surface area contributed by atoms with E-state index in [1.54, 1.807) is 0 Å². The van der Waals surface area contributed by atoms with E-state index in [1.165, 1.54) is 5.56 Å². The zero-order chi connectivity index (χ0) is 18.3. The summed E-state index contributed by atoms with van der Waals surface area (Å²) in [6, 6.07) is 12.5. The molecule has 2 rings (SSSR count). The lowest BCUT2D eigenvalue weighted by atomic mass is 9.85. The van der Waals surface area contributed by atoms with Crippen molar-refractivity contribution < 1.29 is 4.52 Å². The Labute approximate surface area is 150 Å². The summed E-state index contributed by atoms with van der Waals surface area (Å²) in [5.74, 6) is 1.93. The fraction of sp³-hybridized carbons (Fsp3) is 0.500. The van der Waals surface area contributed by atoms with Gasteiger partial charge in [-0.05, 0) is 18.4 Å². The lowest BCUT2D eigenvalue weighted by molar-refractivity contribution is 0.376. The second-order valence-electron chi connectivity index (χ2n) is 7.17. The molecule has 2 N–H and O–H groups in total. The van der Waals surface area contributed by atoms with Crippen molar-refractivity contribution in [3.63, 3.8) is 0 Å². The highest BCUT2D eigenvalue weighted by molar-refractivity contribution is 5.79. The first-order valence-electron chi connectivity index (χ1n) is 8.95. The molecular formula is C20H30N4O. The second-order valence-corrected chi connectivity index (χ2v) is 7.17. The molecule has 0 spiro atoms. The van der Waals surface area contributed by atoms with Crippen molar-refractivity contribution in [2.75, 3.05) is 13.1 Å². The van der Waals surface area contributed by atoms with Gasteiger partial charge < -0.3 is 15.2 Å². The van der Waals surface area contributed by atoms with Crippen molar-refractivity contribution in [3.05, 3.63) is 53.4 Å². The fourth-order valence-electron chi connectivity index (χ4n) is 2.47. The van der Waals surface area contributed by atoms with Crippen LogP contribution < -0.4 is 10.6 Å². The predicted molar refractivity (Wildman–Crippen MR) is 103 cm³/mol. The predicted octanol–water partition coefficient (Wildman–Crippen LogP) is 3.83. The summed E-state index contributed by atoms with van der Waals surface area (Å²) >= 11 is 0. The molecule has 2 aromatic rings. The van der Waals surface area contributed by atoms with Crippen molar-refractivity contribution in [2.45, 2.75) is 52.5 Å². The molecule has 5 nitrogen and oxygen atoms in total. The second kappa shape index (κ2) is 8.70. The largest absolute Gasteiger partial charge is 0.359 e. The van der Waals surface area contributed by atoms with E-state index in [0.29, 0.717) is 12.5 Å². The van der Waals surface area contributed by atoms with Crippen LogP contribution in [0.25, 0.3) is 0 Å². The maximum atomic E-state index is 5.36. The smallest absolute Gasteiger partial charge is 0.191 e. The van der Waals surface area contributed by atoms with E-state index < -0.39 is 0 Å². The van der Waals surface area contributed by atoms with Gasteiger partial charge in [0.2, 0.25) is 0 Å². The van der Waals surface area contributed by atoms with Crippen LogP contribution in [0, 0.1) is 0 Å². The minimum absolute atomic E-state index is 0.00843. The average molecular weight is 342 g/mol.